The van der Waals surface area contributed by atoms with Gasteiger partial charge >= 0.3 is 0 Å². The first-order valence-corrected chi connectivity index (χ1v) is 10.0. The Morgan fingerprint density at radius 2 is 2.00 bits per heavy atom. The van der Waals surface area contributed by atoms with Crippen LogP contribution in [0.3, 0.4) is 0 Å². The van der Waals surface area contributed by atoms with Gasteiger partial charge in [0.2, 0.25) is 11.8 Å². The molecule has 0 bridgehead atoms. The number of likely N-dealkylation sites (tertiary alicyclic amines) is 1. The van der Waals surface area contributed by atoms with E-state index in [-0.39, 0.29) is 31.9 Å². The van der Waals surface area contributed by atoms with Crippen LogP contribution in [0.5, 0.6) is 0 Å². The Hall–Kier alpha value is -3.25. The van der Waals surface area contributed by atoms with Gasteiger partial charge < -0.3 is 14.4 Å². The lowest BCUT2D eigenvalue weighted by molar-refractivity contribution is -0.132. The number of nitrogens with zero attached hydrogens (tertiary/aromatic N) is 2. The van der Waals surface area contributed by atoms with Crippen molar-refractivity contribution < 1.29 is 18.7 Å². The van der Waals surface area contributed by atoms with E-state index in [0.29, 0.717) is 17.0 Å². The molecular formula is C24H21FN2O3. The molecule has 1 saturated heterocycles. The molecule has 0 saturated carbocycles. The van der Waals surface area contributed by atoms with Crippen LogP contribution >= 0.6 is 0 Å². The smallest absolute Gasteiger partial charge is 0.227 e. The van der Waals surface area contributed by atoms with Crippen LogP contribution in [0.2, 0.25) is 0 Å². The summed E-state index contributed by atoms with van der Waals surface area (Å²) in [7, 11) is 0. The van der Waals surface area contributed by atoms with Crippen molar-refractivity contribution in [1.29, 1.82) is 0 Å². The second kappa shape index (κ2) is 7.54. The van der Waals surface area contributed by atoms with Gasteiger partial charge in [-0.1, -0.05) is 42.5 Å². The second-order valence-electron chi connectivity index (χ2n) is 7.74. The van der Waals surface area contributed by atoms with Crippen molar-refractivity contribution in [1.82, 2.24) is 9.88 Å². The molecule has 1 N–H and O–H groups in total. The number of alkyl halides is 1. The molecule has 0 radical (unpaired) electrons. The number of hydrogen-bond donors (Lipinski definition) is 1. The number of amides is 1. The summed E-state index contributed by atoms with van der Waals surface area (Å²) in [6.07, 6.45) is -0.757. The maximum atomic E-state index is 13.7. The van der Waals surface area contributed by atoms with Crippen LogP contribution in [0.15, 0.2) is 65.1 Å². The van der Waals surface area contributed by atoms with E-state index in [1.807, 2.05) is 60.7 Å². The zero-order valence-corrected chi connectivity index (χ0v) is 16.3. The number of halogens is 1. The minimum atomic E-state index is -1.08. The largest absolute Gasteiger partial charge is 0.436 e. The molecular weight excluding hydrogens is 383 g/mol. The van der Waals surface area contributed by atoms with E-state index in [9.17, 15) is 14.3 Å². The van der Waals surface area contributed by atoms with E-state index < -0.39 is 12.2 Å². The lowest BCUT2D eigenvalue weighted by Crippen LogP contribution is -2.38. The van der Waals surface area contributed by atoms with E-state index in [0.717, 1.165) is 21.9 Å². The van der Waals surface area contributed by atoms with Crippen molar-refractivity contribution in [3.8, 4) is 11.5 Å². The van der Waals surface area contributed by atoms with Gasteiger partial charge in [0, 0.05) is 12.0 Å². The fraction of sp³-hybridized carbons (Fsp3) is 0.250. The van der Waals surface area contributed by atoms with Crippen LogP contribution in [0.4, 0.5) is 4.39 Å². The molecule has 1 amide bonds. The molecule has 1 aliphatic rings. The van der Waals surface area contributed by atoms with Crippen LogP contribution < -0.4 is 0 Å². The highest BCUT2D eigenvalue weighted by atomic mass is 19.1. The van der Waals surface area contributed by atoms with Gasteiger partial charge in [-0.25, -0.2) is 9.37 Å². The molecule has 4 aromatic rings. The number of fused-ring (bicyclic) bond motifs is 2. The maximum absolute atomic E-state index is 13.7. The predicted octanol–water partition coefficient (Wildman–Crippen LogP) is 4.12. The number of hydrogen-bond acceptors (Lipinski definition) is 4. The minimum Gasteiger partial charge on any atom is -0.436 e. The summed E-state index contributed by atoms with van der Waals surface area (Å²) >= 11 is 0. The Labute approximate surface area is 172 Å². The standard InChI is InChI=1S/C24H21FN2O3/c25-17-12-18(14-28)27(13-17)23(29)11-15-8-9-21-22(10-15)30-24(26-21)20-7-3-5-16-4-1-2-6-19(16)20/h1-10,17-18,28H,11-14H2/t17?,18-/m0/s1. The van der Waals surface area contributed by atoms with E-state index in [2.05, 4.69) is 4.98 Å². The Morgan fingerprint density at radius 1 is 1.17 bits per heavy atom. The third-order valence-electron chi connectivity index (χ3n) is 5.72. The number of carbonyl (C=O) groups excluding carboxylic acids is 1. The monoisotopic (exact) mass is 404 g/mol. The number of benzene rings is 3. The van der Waals surface area contributed by atoms with Crippen molar-refractivity contribution >= 4 is 27.8 Å². The van der Waals surface area contributed by atoms with Crippen molar-refractivity contribution in [2.24, 2.45) is 0 Å². The molecule has 0 aliphatic carbocycles. The van der Waals surface area contributed by atoms with E-state index in [4.69, 9.17) is 4.42 Å². The van der Waals surface area contributed by atoms with Crippen molar-refractivity contribution in [2.75, 3.05) is 13.2 Å². The normalized spacial score (nSPS) is 19.1. The van der Waals surface area contributed by atoms with Crippen molar-refractivity contribution in [3.05, 3.63) is 66.2 Å². The Bertz CT molecular complexity index is 1230. The molecule has 2 heterocycles. The molecule has 1 aliphatic heterocycles. The molecule has 5 rings (SSSR count). The molecule has 3 aromatic carbocycles. The van der Waals surface area contributed by atoms with Gasteiger partial charge in [-0.15, -0.1) is 0 Å². The summed E-state index contributed by atoms with van der Waals surface area (Å²) in [4.78, 5) is 18.7. The zero-order valence-electron chi connectivity index (χ0n) is 16.3. The van der Waals surface area contributed by atoms with Crippen molar-refractivity contribution in [3.63, 3.8) is 0 Å². The Morgan fingerprint density at radius 3 is 2.87 bits per heavy atom. The lowest BCUT2D eigenvalue weighted by Gasteiger charge is -2.22. The molecule has 5 nitrogen and oxygen atoms in total. The molecule has 6 heteroatoms. The van der Waals surface area contributed by atoms with Crippen LogP contribution in [0.25, 0.3) is 33.3 Å². The molecule has 1 fully saturated rings. The quantitative estimate of drug-likeness (QED) is 0.556. The number of oxazole rings is 1. The van der Waals surface area contributed by atoms with Gasteiger partial charge in [-0.2, -0.15) is 0 Å². The fourth-order valence-electron chi connectivity index (χ4n) is 4.22. The predicted molar refractivity (Wildman–Crippen MR) is 113 cm³/mol. The minimum absolute atomic E-state index is 0.0415. The number of carbonyl (C=O) groups is 1. The third kappa shape index (κ3) is 3.33. The maximum Gasteiger partial charge on any atom is 0.227 e. The molecule has 2 atom stereocenters. The summed E-state index contributed by atoms with van der Waals surface area (Å²) in [5.41, 5.74) is 3.00. The SMILES string of the molecule is O=C(Cc1ccc2nc(-c3cccc4ccccc34)oc2c1)N1CC(F)C[C@H]1CO. The van der Waals surface area contributed by atoms with E-state index in [1.54, 1.807) is 0 Å². The first-order chi connectivity index (χ1) is 14.6. The van der Waals surface area contributed by atoms with Gasteiger partial charge in [0.25, 0.3) is 0 Å². The highest BCUT2D eigenvalue weighted by Crippen LogP contribution is 2.31. The van der Waals surface area contributed by atoms with Crippen LogP contribution in [-0.4, -0.2) is 46.3 Å². The summed E-state index contributed by atoms with van der Waals surface area (Å²) in [5.74, 6) is 0.341. The Balaban J connectivity index is 1.44. The van der Waals surface area contributed by atoms with Gasteiger partial charge in [-0.3, -0.25) is 4.79 Å². The first kappa shape index (κ1) is 18.8. The topological polar surface area (TPSA) is 66.6 Å². The van der Waals surface area contributed by atoms with Crippen LogP contribution in [0, 0.1) is 0 Å². The molecule has 0 spiro atoms. The summed E-state index contributed by atoms with van der Waals surface area (Å²) in [6, 6.07) is 19.1. The number of rotatable bonds is 4. The lowest BCUT2D eigenvalue weighted by atomic mass is 10.0. The average Bonchev–Trinajstić information content (AvgIpc) is 3.36. The van der Waals surface area contributed by atoms with Gasteiger partial charge in [-0.05, 0) is 34.5 Å². The molecule has 30 heavy (non-hydrogen) atoms. The molecule has 1 aromatic heterocycles. The second-order valence-corrected chi connectivity index (χ2v) is 7.74. The summed E-state index contributed by atoms with van der Waals surface area (Å²) in [6.45, 7) is -0.179. The van der Waals surface area contributed by atoms with Crippen LogP contribution in [-0.2, 0) is 11.2 Å². The van der Waals surface area contributed by atoms with Gasteiger partial charge in [0.1, 0.15) is 11.7 Å². The third-order valence-corrected chi connectivity index (χ3v) is 5.72. The van der Waals surface area contributed by atoms with Gasteiger partial charge in [0.05, 0.1) is 25.6 Å². The highest BCUT2D eigenvalue weighted by molar-refractivity contribution is 5.95. The van der Waals surface area contributed by atoms with E-state index in [1.165, 1.54) is 4.90 Å². The molecule has 1 unspecified atom stereocenters. The highest BCUT2D eigenvalue weighted by Gasteiger charge is 2.34. The summed E-state index contributed by atoms with van der Waals surface area (Å²) < 4.78 is 19.7. The number of aliphatic hydroxyl groups is 1. The average molecular weight is 404 g/mol. The Kier molecular flexibility index (Phi) is 4.71. The number of aromatic nitrogens is 1. The van der Waals surface area contributed by atoms with Crippen molar-refractivity contribution in [2.45, 2.75) is 25.1 Å². The summed E-state index contributed by atoms with van der Waals surface area (Å²) in [5, 5.41) is 11.6. The molecule has 152 valence electrons. The fourth-order valence-corrected chi connectivity index (χ4v) is 4.22. The van der Waals surface area contributed by atoms with E-state index >= 15 is 0 Å². The first-order valence-electron chi connectivity index (χ1n) is 10.0. The van der Waals surface area contributed by atoms with Crippen LogP contribution in [0.1, 0.15) is 12.0 Å². The number of aliphatic hydroxyl groups excluding tert-OH is 1. The van der Waals surface area contributed by atoms with Gasteiger partial charge in [0.15, 0.2) is 5.58 Å². The zero-order chi connectivity index (χ0) is 20.7.